The molecule has 0 spiro atoms. The fourth-order valence-corrected chi connectivity index (χ4v) is 3.04. The van der Waals surface area contributed by atoms with Gasteiger partial charge in [0.05, 0.1) is 6.33 Å². The highest BCUT2D eigenvalue weighted by Gasteiger charge is 2.21. The van der Waals surface area contributed by atoms with E-state index in [1.165, 1.54) is 12.4 Å². The van der Waals surface area contributed by atoms with Crippen molar-refractivity contribution in [3.05, 3.63) is 47.8 Å². The Morgan fingerprint density at radius 2 is 1.96 bits per heavy atom. The molecule has 26 heavy (non-hydrogen) atoms. The zero-order chi connectivity index (χ0) is 18.1. The summed E-state index contributed by atoms with van der Waals surface area (Å²) < 4.78 is 48.8. The summed E-state index contributed by atoms with van der Waals surface area (Å²) in [5.41, 5.74) is 0.438. The maximum Gasteiger partial charge on any atom is 0.312 e. The first kappa shape index (κ1) is 16.8. The molecule has 1 fully saturated rings. The molecule has 1 N–H and O–H groups in total. The van der Waals surface area contributed by atoms with E-state index >= 15 is 0 Å². The zero-order valence-electron chi connectivity index (χ0n) is 13.8. The minimum atomic E-state index is -0.952. The van der Waals surface area contributed by atoms with Crippen LogP contribution in [-0.2, 0) is 11.3 Å². The highest BCUT2D eigenvalue weighted by molar-refractivity contribution is 5.82. The molecule has 6 nitrogen and oxygen atoms in total. The second kappa shape index (κ2) is 6.91. The van der Waals surface area contributed by atoms with Gasteiger partial charge in [0.2, 0.25) is 0 Å². The van der Waals surface area contributed by atoms with Gasteiger partial charge in [0.1, 0.15) is 17.9 Å². The van der Waals surface area contributed by atoms with Crippen molar-refractivity contribution < 1.29 is 17.9 Å². The van der Waals surface area contributed by atoms with Gasteiger partial charge in [-0.05, 0) is 31.4 Å². The summed E-state index contributed by atoms with van der Waals surface area (Å²) >= 11 is 0. The Bertz CT molecular complexity index is 919. The smallest absolute Gasteiger partial charge is 0.312 e. The van der Waals surface area contributed by atoms with Crippen molar-refractivity contribution in [3.8, 4) is 0 Å². The van der Waals surface area contributed by atoms with Gasteiger partial charge in [-0.25, -0.2) is 13.8 Å². The number of imidazole rings is 1. The van der Waals surface area contributed by atoms with Gasteiger partial charge in [-0.3, -0.25) is 4.57 Å². The number of nitrogens with zero attached hydrogens (tertiary/aromatic N) is 4. The lowest BCUT2D eigenvalue weighted by Crippen LogP contribution is -2.18. The van der Waals surface area contributed by atoms with Crippen LogP contribution in [0.4, 0.5) is 19.0 Å². The van der Waals surface area contributed by atoms with E-state index in [4.69, 9.17) is 4.74 Å². The van der Waals surface area contributed by atoms with E-state index in [0.29, 0.717) is 12.1 Å². The monoisotopic (exact) mass is 363 g/mol. The summed E-state index contributed by atoms with van der Waals surface area (Å²) in [5.74, 6) is -1.31. The van der Waals surface area contributed by atoms with Crippen molar-refractivity contribution in [2.24, 2.45) is 0 Å². The summed E-state index contributed by atoms with van der Waals surface area (Å²) in [6.45, 7) is 0.423. The van der Waals surface area contributed by atoms with Gasteiger partial charge in [0, 0.05) is 18.7 Å². The van der Waals surface area contributed by atoms with Crippen LogP contribution < -0.4 is 5.32 Å². The Morgan fingerprint density at radius 3 is 2.69 bits per heavy atom. The second-order valence-electron chi connectivity index (χ2n) is 6.04. The van der Waals surface area contributed by atoms with Gasteiger partial charge in [0.25, 0.3) is 0 Å². The standard InChI is InChI=1S/C17H16F3N5O/c18-11-4-3-5-12(19)10(11)8-21-15-14-16(24-17(20)23-15)25(9-22-14)13-6-1-2-7-26-13/h3-5,9,13H,1-2,6-8H2,(H,21,23,24). The average molecular weight is 363 g/mol. The van der Waals surface area contributed by atoms with Crippen LogP contribution in [0, 0.1) is 17.7 Å². The first-order valence-corrected chi connectivity index (χ1v) is 8.32. The Labute approximate surface area is 147 Å². The minimum absolute atomic E-state index is 0.0738. The molecule has 1 aliphatic rings. The van der Waals surface area contributed by atoms with Gasteiger partial charge in [-0.2, -0.15) is 14.4 Å². The van der Waals surface area contributed by atoms with E-state index in [9.17, 15) is 13.2 Å². The van der Waals surface area contributed by atoms with Crippen LogP contribution in [0.3, 0.4) is 0 Å². The minimum Gasteiger partial charge on any atom is -0.364 e. The number of nitrogens with one attached hydrogen (secondary N) is 1. The van der Waals surface area contributed by atoms with Gasteiger partial charge < -0.3 is 10.1 Å². The molecule has 1 aromatic carbocycles. The molecule has 0 radical (unpaired) electrons. The maximum atomic E-state index is 13.9. The summed E-state index contributed by atoms with van der Waals surface area (Å²) in [4.78, 5) is 11.7. The van der Waals surface area contributed by atoms with E-state index in [-0.39, 0.29) is 29.8 Å². The van der Waals surface area contributed by atoms with Gasteiger partial charge in [0.15, 0.2) is 17.0 Å². The van der Waals surface area contributed by atoms with Crippen LogP contribution in [0.25, 0.3) is 11.2 Å². The quantitative estimate of drug-likeness (QED) is 0.718. The molecule has 4 rings (SSSR count). The van der Waals surface area contributed by atoms with Crippen molar-refractivity contribution in [1.82, 2.24) is 19.5 Å². The number of ether oxygens (including phenoxy) is 1. The van der Waals surface area contributed by atoms with Crippen LogP contribution in [0.15, 0.2) is 24.5 Å². The van der Waals surface area contributed by atoms with E-state index in [2.05, 4.69) is 20.3 Å². The molecular weight excluding hydrogens is 347 g/mol. The number of hydrogen-bond donors (Lipinski definition) is 1. The highest BCUT2D eigenvalue weighted by Crippen LogP contribution is 2.28. The third-order valence-electron chi connectivity index (χ3n) is 4.35. The van der Waals surface area contributed by atoms with Crippen LogP contribution in [0.5, 0.6) is 0 Å². The molecule has 9 heteroatoms. The fraction of sp³-hybridized carbons (Fsp3) is 0.353. The summed E-state index contributed by atoms with van der Waals surface area (Å²) in [5, 5.41) is 2.75. The van der Waals surface area contributed by atoms with Gasteiger partial charge >= 0.3 is 6.08 Å². The lowest BCUT2D eigenvalue weighted by Gasteiger charge is -2.23. The predicted octanol–water partition coefficient (Wildman–Crippen LogP) is 3.55. The maximum absolute atomic E-state index is 13.9. The molecule has 1 saturated heterocycles. The molecule has 0 bridgehead atoms. The first-order valence-electron chi connectivity index (χ1n) is 8.32. The predicted molar refractivity (Wildman–Crippen MR) is 87.8 cm³/mol. The Hall–Kier alpha value is -2.68. The topological polar surface area (TPSA) is 64.9 Å². The molecule has 0 saturated carbocycles. The Kier molecular flexibility index (Phi) is 4.46. The van der Waals surface area contributed by atoms with Crippen LogP contribution >= 0.6 is 0 Å². The van der Waals surface area contributed by atoms with E-state index in [0.717, 1.165) is 31.4 Å². The molecule has 1 atom stereocenters. The number of rotatable bonds is 4. The number of halogens is 3. The van der Waals surface area contributed by atoms with Gasteiger partial charge in [-0.1, -0.05) is 6.07 Å². The highest BCUT2D eigenvalue weighted by atomic mass is 19.1. The third kappa shape index (κ3) is 3.10. The summed E-state index contributed by atoms with van der Waals surface area (Å²) in [6, 6.07) is 3.60. The normalized spacial score (nSPS) is 17.6. The number of fused-ring (bicyclic) bond motifs is 1. The SMILES string of the molecule is Fc1nc(NCc2c(F)cccc2F)c2ncn(C3CCCCO3)c2n1. The average Bonchev–Trinajstić information content (AvgIpc) is 3.05. The Morgan fingerprint density at radius 1 is 1.15 bits per heavy atom. The van der Waals surface area contributed by atoms with Crippen molar-refractivity contribution in [2.45, 2.75) is 32.0 Å². The van der Waals surface area contributed by atoms with Gasteiger partial charge in [-0.15, -0.1) is 0 Å². The van der Waals surface area contributed by atoms with Crippen molar-refractivity contribution in [1.29, 1.82) is 0 Å². The third-order valence-corrected chi connectivity index (χ3v) is 4.35. The molecular formula is C17H16F3N5O. The molecule has 1 aliphatic heterocycles. The number of hydrogen-bond acceptors (Lipinski definition) is 5. The lowest BCUT2D eigenvalue weighted by atomic mass is 10.2. The first-order chi connectivity index (χ1) is 12.6. The summed E-state index contributed by atoms with van der Waals surface area (Å²) in [6.07, 6.45) is 3.05. The van der Waals surface area contributed by atoms with Crippen molar-refractivity contribution in [2.75, 3.05) is 11.9 Å². The number of aromatic nitrogens is 4. The number of anilines is 1. The second-order valence-corrected chi connectivity index (χ2v) is 6.04. The molecule has 2 aromatic heterocycles. The molecule has 3 heterocycles. The van der Waals surface area contributed by atoms with E-state index in [1.807, 2.05) is 0 Å². The molecule has 136 valence electrons. The molecule has 0 amide bonds. The van der Waals surface area contributed by atoms with Crippen LogP contribution in [0.2, 0.25) is 0 Å². The zero-order valence-corrected chi connectivity index (χ0v) is 13.8. The Balaban J connectivity index is 1.66. The summed E-state index contributed by atoms with van der Waals surface area (Å²) in [7, 11) is 0. The molecule has 1 unspecified atom stereocenters. The van der Waals surface area contributed by atoms with E-state index < -0.39 is 17.7 Å². The van der Waals surface area contributed by atoms with E-state index in [1.54, 1.807) is 4.57 Å². The van der Waals surface area contributed by atoms with Crippen LogP contribution in [0.1, 0.15) is 31.1 Å². The van der Waals surface area contributed by atoms with Crippen LogP contribution in [-0.4, -0.2) is 26.1 Å². The number of benzene rings is 1. The lowest BCUT2D eigenvalue weighted by molar-refractivity contribution is -0.0298. The largest absolute Gasteiger partial charge is 0.364 e. The molecule has 3 aromatic rings. The van der Waals surface area contributed by atoms with Crippen molar-refractivity contribution >= 4 is 17.0 Å². The molecule has 0 aliphatic carbocycles. The fourth-order valence-electron chi connectivity index (χ4n) is 3.04. The van der Waals surface area contributed by atoms with Crippen molar-refractivity contribution in [3.63, 3.8) is 0 Å².